The Morgan fingerprint density at radius 3 is 2.75 bits per heavy atom. The topological polar surface area (TPSA) is 74.8 Å². The van der Waals surface area contributed by atoms with Gasteiger partial charge in [0.25, 0.3) is 5.56 Å². The van der Waals surface area contributed by atoms with Crippen LogP contribution in [-0.2, 0) is 4.79 Å². The number of nitrogens with one attached hydrogen (secondary N) is 2. The van der Waals surface area contributed by atoms with Crippen LogP contribution in [0.4, 0.5) is 5.69 Å². The van der Waals surface area contributed by atoms with Gasteiger partial charge in [0.15, 0.2) is 5.16 Å². The summed E-state index contributed by atoms with van der Waals surface area (Å²) < 4.78 is 0. The average molecular weight is 380 g/mol. The number of thioether (sulfide) groups is 1. The van der Waals surface area contributed by atoms with Gasteiger partial charge in [0.2, 0.25) is 5.91 Å². The van der Waals surface area contributed by atoms with Crippen molar-refractivity contribution in [3.05, 3.63) is 50.1 Å². The normalized spacial score (nSPS) is 11.0. The molecule has 2 N–H and O–H groups in total. The van der Waals surface area contributed by atoms with Crippen LogP contribution in [0.15, 0.2) is 34.2 Å². The molecular weight excluding hydrogens is 366 g/mol. The Morgan fingerprint density at radius 2 is 2.04 bits per heavy atom. The molecule has 1 aromatic carbocycles. The summed E-state index contributed by atoms with van der Waals surface area (Å²) in [5.74, 6) is -0.0240. The zero-order valence-electron chi connectivity index (χ0n) is 13.0. The lowest BCUT2D eigenvalue weighted by Gasteiger charge is -2.05. The number of nitrogens with zero attached hydrogens (tertiary/aromatic N) is 1. The molecule has 2 heterocycles. The molecule has 0 radical (unpaired) electrons. The quantitative estimate of drug-likeness (QED) is 0.531. The van der Waals surface area contributed by atoms with Crippen molar-refractivity contribution in [2.45, 2.75) is 19.0 Å². The average Bonchev–Trinajstić information content (AvgIpc) is 2.82. The molecule has 0 spiro atoms. The van der Waals surface area contributed by atoms with E-state index in [0.29, 0.717) is 26.1 Å². The molecule has 8 heteroatoms. The predicted octanol–water partition coefficient (Wildman–Crippen LogP) is 3.99. The Morgan fingerprint density at radius 1 is 1.33 bits per heavy atom. The van der Waals surface area contributed by atoms with Crippen molar-refractivity contribution in [2.75, 3.05) is 11.1 Å². The zero-order valence-corrected chi connectivity index (χ0v) is 15.4. The van der Waals surface area contributed by atoms with Gasteiger partial charge in [0.05, 0.1) is 11.1 Å². The predicted molar refractivity (Wildman–Crippen MR) is 101 cm³/mol. The minimum absolute atomic E-state index is 0.153. The van der Waals surface area contributed by atoms with Crippen molar-refractivity contribution in [1.82, 2.24) is 9.97 Å². The first-order valence-electron chi connectivity index (χ1n) is 7.12. The van der Waals surface area contributed by atoms with Gasteiger partial charge in [-0.3, -0.25) is 9.59 Å². The molecule has 0 atom stereocenters. The summed E-state index contributed by atoms with van der Waals surface area (Å²) in [5.41, 5.74) is 1.47. The van der Waals surface area contributed by atoms with Gasteiger partial charge in [-0.05, 0) is 43.7 Å². The molecule has 0 saturated carbocycles. The first-order chi connectivity index (χ1) is 11.4. The molecule has 124 valence electrons. The van der Waals surface area contributed by atoms with Gasteiger partial charge >= 0.3 is 0 Å². The number of aromatic amines is 1. The molecule has 0 fully saturated rings. The fourth-order valence-electron chi connectivity index (χ4n) is 2.17. The monoisotopic (exact) mass is 379 g/mol. The Bertz CT molecular complexity index is 964. The van der Waals surface area contributed by atoms with Crippen molar-refractivity contribution in [3.63, 3.8) is 0 Å². The zero-order chi connectivity index (χ0) is 17.3. The summed E-state index contributed by atoms with van der Waals surface area (Å²) in [7, 11) is 0. The molecule has 3 aromatic rings. The van der Waals surface area contributed by atoms with Crippen LogP contribution in [0, 0.1) is 13.8 Å². The molecule has 0 unspecified atom stereocenters. The van der Waals surface area contributed by atoms with Crippen LogP contribution < -0.4 is 10.9 Å². The molecule has 1 amide bonds. The number of aryl methyl sites for hydroxylation is 2. The second-order valence-corrected chi connectivity index (χ2v) is 7.78. The number of benzene rings is 1. The number of carbonyl (C=O) groups is 1. The van der Waals surface area contributed by atoms with E-state index in [2.05, 4.69) is 15.3 Å². The second kappa shape index (κ2) is 6.96. The van der Waals surface area contributed by atoms with E-state index in [-0.39, 0.29) is 17.2 Å². The van der Waals surface area contributed by atoms with Gasteiger partial charge in [-0.15, -0.1) is 11.3 Å². The van der Waals surface area contributed by atoms with Crippen molar-refractivity contribution in [2.24, 2.45) is 0 Å². The summed E-state index contributed by atoms with van der Waals surface area (Å²) in [6, 6.07) is 6.88. The van der Waals surface area contributed by atoms with Crippen molar-refractivity contribution < 1.29 is 4.79 Å². The fraction of sp³-hybridized carbons (Fsp3) is 0.188. The first-order valence-corrected chi connectivity index (χ1v) is 9.30. The van der Waals surface area contributed by atoms with E-state index in [0.717, 1.165) is 10.4 Å². The third-order valence-corrected chi connectivity index (χ3v) is 5.71. The number of thiophene rings is 1. The Hall–Kier alpha value is -1.83. The van der Waals surface area contributed by atoms with Crippen LogP contribution >= 0.6 is 34.7 Å². The van der Waals surface area contributed by atoms with Gasteiger partial charge in [-0.2, -0.15) is 0 Å². The van der Waals surface area contributed by atoms with E-state index < -0.39 is 0 Å². The van der Waals surface area contributed by atoms with E-state index >= 15 is 0 Å². The van der Waals surface area contributed by atoms with Gasteiger partial charge in [0, 0.05) is 15.6 Å². The SMILES string of the molecule is Cc1sc2nc(SCC(=O)Nc3ccc(Cl)cc3)[nH]c(=O)c2c1C. The maximum atomic E-state index is 12.2. The minimum Gasteiger partial charge on any atom is -0.325 e. The molecule has 0 saturated heterocycles. The second-order valence-electron chi connectivity index (χ2n) is 5.18. The molecule has 0 aliphatic carbocycles. The van der Waals surface area contributed by atoms with Crippen LogP contribution in [0.25, 0.3) is 10.2 Å². The lowest BCUT2D eigenvalue weighted by atomic mass is 10.2. The molecule has 0 bridgehead atoms. The highest BCUT2D eigenvalue weighted by Gasteiger charge is 2.13. The lowest BCUT2D eigenvalue weighted by Crippen LogP contribution is -2.15. The number of H-pyrrole nitrogens is 1. The first kappa shape index (κ1) is 17.0. The molecule has 24 heavy (non-hydrogen) atoms. The molecule has 5 nitrogen and oxygen atoms in total. The van der Waals surface area contributed by atoms with Crippen LogP contribution in [0.2, 0.25) is 5.02 Å². The minimum atomic E-state index is -0.177. The number of rotatable bonds is 4. The van der Waals surface area contributed by atoms with Crippen molar-refractivity contribution in [3.8, 4) is 0 Å². The highest BCUT2D eigenvalue weighted by Crippen LogP contribution is 2.27. The van der Waals surface area contributed by atoms with Crippen LogP contribution in [0.1, 0.15) is 10.4 Å². The Labute approximate surface area is 151 Å². The number of amides is 1. The summed E-state index contributed by atoms with van der Waals surface area (Å²) in [4.78, 5) is 33.1. The fourth-order valence-corrected chi connectivity index (χ4v) is 4.04. The summed E-state index contributed by atoms with van der Waals surface area (Å²) in [6.07, 6.45) is 0. The van der Waals surface area contributed by atoms with E-state index in [9.17, 15) is 9.59 Å². The largest absolute Gasteiger partial charge is 0.325 e. The third-order valence-electron chi connectivity index (χ3n) is 3.49. The van der Waals surface area contributed by atoms with Crippen LogP contribution in [-0.4, -0.2) is 21.6 Å². The summed E-state index contributed by atoms with van der Waals surface area (Å²) in [6.45, 7) is 3.88. The van der Waals surface area contributed by atoms with E-state index in [1.54, 1.807) is 24.3 Å². The van der Waals surface area contributed by atoms with Gasteiger partial charge in [-0.1, -0.05) is 23.4 Å². The smallest absolute Gasteiger partial charge is 0.260 e. The number of halogens is 1. The number of carbonyl (C=O) groups excluding carboxylic acids is 1. The lowest BCUT2D eigenvalue weighted by molar-refractivity contribution is -0.113. The standard InChI is InChI=1S/C16H14ClN3O2S2/c1-8-9(2)24-15-13(8)14(22)19-16(20-15)23-7-12(21)18-11-5-3-10(17)4-6-11/h3-6H,7H2,1-2H3,(H,18,21)(H,19,20,22). The highest BCUT2D eigenvalue weighted by atomic mass is 35.5. The Kier molecular flexibility index (Phi) is 4.93. The molecule has 0 aliphatic heterocycles. The summed E-state index contributed by atoms with van der Waals surface area (Å²) in [5, 5.41) is 4.46. The number of fused-ring (bicyclic) bond motifs is 1. The van der Waals surface area contributed by atoms with Crippen LogP contribution in [0.3, 0.4) is 0 Å². The molecule has 0 aliphatic rings. The third kappa shape index (κ3) is 3.63. The number of anilines is 1. The van der Waals surface area contributed by atoms with Crippen molar-refractivity contribution >= 4 is 56.5 Å². The number of hydrogen-bond donors (Lipinski definition) is 2. The summed E-state index contributed by atoms with van der Waals surface area (Å²) >= 11 is 8.49. The van der Waals surface area contributed by atoms with E-state index in [1.165, 1.54) is 23.1 Å². The Balaban J connectivity index is 1.70. The van der Waals surface area contributed by atoms with Gasteiger partial charge in [0.1, 0.15) is 4.83 Å². The van der Waals surface area contributed by atoms with E-state index in [4.69, 9.17) is 11.6 Å². The van der Waals surface area contributed by atoms with Crippen LogP contribution in [0.5, 0.6) is 0 Å². The van der Waals surface area contributed by atoms with Gasteiger partial charge in [-0.25, -0.2) is 4.98 Å². The maximum Gasteiger partial charge on any atom is 0.260 e. The van der Waals surface area contributed by atoms with E-state index in [1.807, 2.05) is 13.8 Å². The van der Waals surface area contributed by atoms with Crippen molar-refractivity contribution in [1.29, 1.82) is 0 Å². The number of hydrogen-bond acceptors (Lipinski definition) is 5. The molecule has 3 rings (SSSR count). The van der Waals surface area contributed by atoms with Gasteiger partial charge < -0.3 is 10.3 Å². The molecular formula is C16H14ClN3O2S2. The highest BCUT2D eigenvalue weighted by molar-refractivity contribution is 7.99. The maximum absolute atomic E-state index is 12.2. The molecule has 2 aromatic heterocycles. The number of aromatic nitrogens is 2.